The van der Waals surface area contributed by atoms with Crippen molar-refractivity contribution in [2.24, 2.45) is 0 Å². The summed E-state index contributed by atoms with van der Waals surface area (Å²) in [7, 11) is 0. The molecule has 4 heteroatoms. The van der Waals surface area contributed by atoms with Crippen molar-refractivity contribution in [2.45, 2.75) is 25.7 Å². The first kappa shape index (κ1) is 7.50. The summed E-state index contributed by atoms with van der Waals surface area (Å²) in [6.45, 7) is 1.87. The Balaban J connectivity index is 2.24. The van der Waals surface area contributed by atoms with Crippen molar-refractivity contribution in [1.82, 2.24) is 5.32 Å². The van der Waals surface area contributed by atoms with E-state index in [9.17, 15) is 4.79 Å². The summed E-state index contributed by atoms with van der Waals surface area (Å²) < 4.78 is 4.77. The molecule has 1 rings (SSSR count). The number of carbonyl (C=O) groups is 1. The Labute approximate surface area is 59.2 Å². The zero-order valence-corrected chi connectivity index (χ0v) is 5.83. The van der Waals surface area contributed by atoms with E-state index < -0.39 is 0 Å². The minimum atomic E-state index is -0.371. The number of ether oxygens (including phenoxy) is 1. The SMILES string of the molecule is CC(=O)O[C@H]1C[C@@H](O)CN1. The zero-order chi connectivity index (χ0) is 7.56. The van der Waals surface area contributed by atoms with E-state index in [1.54, 1.807) is 0 Å². The van der Waals surface area contributed by atoms with Crippen molar-refractivity contribution in [2.75, 3.05) is 6.54 Å². The third-order valence-corrected chi connectivity index (χ3v) is 1.38. The van der Waals surface area contributed by atoms with Crippen LogP contribution in [0.1, 0.15) is 13.3 Å². The minimum absolute atomic E-state index is 0.285. The lowest BCUT2D eigenvalue weighted by molar-refractivity contribution is -0.147. The van der Waals surface area contributed by atoms with Crippen LogP contribution in [0.5, 0.6) is 0 Å². The Morgan fingerprint density at radius 3 is 2.90 bits per heavy atom. The van der Waals surface area contributed by atoms with Gasteiger partial charge < -0.3 is 9.84 Å². The van der Waals surface area contributed by atoms with Crippen LogP contribution in [0.15, 0.2) is 0 Å². The lowest BCUT2D eigenvalue weighted by Crippen LogP contribution is -2.26. The molecule has 0 aromatic carbocycles. The fourth-order valence-corrected chi connectivity index (χ4v) is 0.971. The molecule has 10 heavy (non-hydrogen) atoms. The molecule has 1 aliphatic rings. The third-order valence-electron chi connectivity index (χ3n) is 1.38. The number of esters is 1. The maximum atomic E-state index is 10.4. The van der Waals surface area contributed by atoms with E-state index in [1.165, 1.54) is 6.92 Å². The molecule has 1 saturated heterocycles. The van der Waals surface area contributed by atoms with E-state index in [2.05, 4.69) is 5.32 Å². The third kappa shape index (κ3) is 1.97. The molecule has 0 aromatic heterocycles. The van der Waals surface area contributed by atoms with Crippen LogP contribution in [-0.2, 0) is 9.53 Å². The van der Waals surface area contributed by atoms with E-state index in [4.69, 9.17) is 9.84 Å². The molecule has 0 amide bonds. The van der Waals surface area contributed by atoms with Crippen LogP contribution < -0.4 is 5.32 Å². The second-order valence-electron chi connectivity index (χ2n) is 2.40. The molecule has 4 nitrogen and oxygen atoms in total. The normalized spacial score (nSPS) is 32.2. The molecule has 2 N–H and O–H groups in total. The molecule has 0 aliphatic carbocycles. The number of β-amino-alcohol motifs (C(OH)–C–C–N with tert-alkyl or cyclic N) is 1. The van der Waals surface area contributed by atoms with Crippen LogP contribution in [0, 0.1) is 0 Å². The average molecular weight is 145 g/mol. The number of hydrogen-bond donors (Lipinski definition) is 2. The van der Waals surface area contributed by atoms with Gasteiger partial charge in [-0.2, -0.15) is 0 Å². The lowest BCUT2D eigenvalue weighted by Gasteiger charge is -2.08. The molecule has 0 spiro atoms. The van der Waals surface area contributed by atoms with E-state index in [0.717, 1.165) is 0 Å². The molecule has 0 bridgehead atoms. The first-order chi connectivity index (χ1) is 4.68. The molecule has 0 unspecified atom stereocenters. The van der Waals surface area contributed by atoms with Crippen LogP contribution in [-0.4, -0.2) is 30.0 Å². The van der Waals surface area contributed by atoms with E-state index in [0.29, 0.717) is 13.0 Å². The minimum Gasteiger partial charge on any atom is -0.447 e. The number of nitrogens with one attached hydrogen (secondary N) is 1. The Morgan fingerprint density at radius 2 is 2.50 bits per heavy atom. The number of aliphatic hydroxyl groups is 1. The lowest BCUT2D eigenvalue weighted by atomic mass is 10.3. The molecule has 58 valence electrons. The smallest absolute Gasteiger partial charge is 0.304 e. The topological polar surface area (TPSA) is 58.6 Å². The van der Waals surface area contributed by atoms with Crippen LogP contribution in [0.25, 0.3) is 0 Å². The Kier molecular flexibility index (Phi) is 2.24. The van der Waals surface area contributed by atoms with E-state index in [1.807, 2.05) is 0 Å². The number of aliphatic hydroxyl groups excluding tert-OH is 1. The first-order valence-electron chi connectivity index (χ1n) is 3.27. The van der Waals surface area contributed by atoms with Crippen molar-refractivity contribution < 1.29 is 14.6 Å². The zero-order valence-electron chi connectivity index (χ0n) is 5.83. The van der Waals surface area contributed by atoms with Gasteiger partial charge in [0, 0.05) is 19.9 Å². The number of carbonyl (C=O) groups excluding carboxylic acids is 1. The quantitative estimate of drug-likeness (QED) is 0.476. The highest BCUT2D eigenvalue weighted by Gasteiger charge is 2.23. The van der Waals surface area contributed by atoms with Gasteiger partial charge in [-0.15, -0.1) is 0 Å². The Morgan fingerprint density at radius 1 is 1.80 bits per heavy atom. The monoisotopic (exact) mass is 145 g/mol. The van der Waals surface area contributed by atoms with Crippen molar-refractivity contribution in [3.05, 3.63) is 0 Å². The van der Waals surface area contributed by atoms with Gasteiger partial charge in [0.1, 0.15) is 0 Å². The largest absolute Gasteiger partial charge is 0.447 e. The molecule has 1 aliphatic heterocycles. The predicted octanol–water partition coefficient (Wildman–Crippen LogP) is -0.770. The van der Waals surface area contributed by atoms with Crippen molar-refractivity contribution in [3.63, 3.8) is 0 Å². The molecule has 1 fully saturated rings. The fraction of sp³-hybridized carbons (Fsp3) is 0.833. The van der Waals surface area contributed by atoms with Gasteiger partial charge in [0.05, 0.1) is 6.10 Å². The molecule has 1 heterocycles. The van der Waals surface area contributed by atoms with Gasteiger partial charge in [-0.25, -0.2) is 0 Å². The van der Waals surface area contributed by atoms with Crippen LogP contribution in [0.3, 0.4) is 0 Å². The van der Waals surface area contributed by atoms with Crippen LogP contribution in [0.4, 0.5) is 0 Å². The molecular weight excluding hydrogens is 134 g/mol. The summed E-state index contributed by atoms with van der Waals surface area (Å²) in [4.78, 5) is 10.4. The molecule has 0 radical (unpaired) electrons. The Bertz CT molecular complexity index is 137. The second-order valence-corrected chi connectivity index (χ2v) is 2.40. The van der Waals surface area contributed by atoms with Gasteiger partial charge in [-0.05, 0) is 0 Å². The average Bonchev–Trinajstić information content (AvgIpc) is 2.13. The maximum Gasteiger partial charge on any atom is 0.304 e. The van der Waals surface area contributed by atoms with Gasteiger partial charge in [0.15, 0.2) is 6.23 Å². The van der Waals surface area contributed by atoms with E-state index in [-0.39, 0.29) is 18.3 Å². The van der Waals surface area contributed by atoms with E-state index >= 15 is 0 Å². The molecular formula is C6H11NO3. The van der Waals surface area contributed by atoms with Crippen molar-refractivity contribution in [3.8, 4) is 0 Å². The molecule has 2 atom stereocenters. The summed E-state index contributed by atoms with van der Waals surface area (Å²) in [6, 6.07) is 0. The summed E-state index contributed by atoms with van der Waals surface area (Å²) in [5, 5.41) is 11.8. The van der Waals surface area contributed by atoms with Gasteiger partial charge in [0.2, 0.25) is 0 Å². The fourth-order valence-electron chi connectivity index (χ4n) is 0.971. The number of hydrogen-bond acceptors (Lipinski definition) is 4. The standard InChI is InChI=1S/C6H11NO3/c1-4(8)10-6-2-5(9)3-7-6/h5-7,9H,2-3H2,1H3/t5-,6+/m1/s1. The highest BCUT2D eigenvalue weighted by atomic mass is 16.6. The van der Waals surface area contributed by atoms with Gasteiger partial charge in [-0.1, -0.05) is 0 Å². The highest BCUT2D eigenvalue weighted by molar-refractivity contribution is 5.66. The molecule has 0 saturated carbocycles. The summed E-state index contributed by atoms with van der Waals surface area (Å²) in [6.07, 6.45) is -0.156. The van der Waals surface area contributed by atoms with Crippen LogP contribution in [0.2, 0.25) is 0 Å². The maximum absolute atomic E-state index is 10.4. The number of rotatable bonds is 1. The van der Waals surface area contributed by atoms with Gasteiger partial charge in [0.25, 0.3) is 0 Å². The van der Waals surface area contributed by atoms with Crippen molar-refractivity contribution in [1.29, 1.82) is 0 Å². The Hall–Kier alpha value is -0.610. The predicted molar refractivity (Wildman–Crippen MR) is 34.2 cm³/mol. The van der Waals surface area contributed by atoms with Gasteiger partial charge in [-0.3, -0.25) is 10.1 Å². The summed E-state index contributed by atoms with van der Waals surface area (Å²) >= 11 is 0. The summed E-state index contributed by atoms with van der Waals surface area (Å²) in [5.74, 6) is -0.313. The van der Waals surface area contributed by atoms with Crippen LogP contribution >= 0.6 is 0 Å². The molecule has 0 aromatic rings. The van der Waals surface area contributed by atoms with Crippen molar-refractivity contribution >= 4 is 5.97 Å². The first-order valence-corrected chi connectivity index (χ1v) is 3.27. The van der Waals surface area contributed by atoms with Gasteiger partial charge >= 0.3 is 5.97 Å². The summed E-state index contributed by atoms with van der Waals surface area (Å²) in [5.41, 5.74) is 0. The highest BCUT2D eigenvalue weighted by Crippen LogP contribution is 2.06. The second kappa shape index (κ2) is 2.98.